The van der Waals surface area contributed by atoms with E-state index in [2.05, 4.69) is 9.46 Å². The van der Waals surface area contributed by atoms with Crippen LogP contribution >= 0.6 is 0 Å². The number of methoxy groups -OCH3 is 2. The van der Waals surface area contributed by atoms with Gasteiger partial charge in [0.15, 0.2) is 11.5 Å². The number of ether oxygens (including phenoxy) is 3. The standard InChI is InChI=1S/C15H15F2NO5S/c1-21-11-4-6-12(7-5-11)24(19,20)18-10-3-8-13(22-2)14(9-10)23-15(16)17/h3-9,15,18H,1-2H3. The molecule has 9 heteroatoms. The van der Waals surface area contributed by atoms with E-state index in [1.54, 1.807) is 0 Å². The molecule has 0 amide bonds. The largest absolute Gasteiger partial charge is 0.497 e. The summed E-state index contributed by atoms with van der Waals surface area (Å²) in [6.07, 6.45) is 0. The first-order valence-electron chi connectivity index (χ1n) is 6.65. The Kier molecular flexibility index (Phi) is 5.45. The van der Waals surface area contributed by atoms with Gasteiger partial charge >= 0.3 is 6.61 Å². The molecule has 0 heterocycles. The van der Waals surface area contributed by atoms with Crippen molar-refractivity contribution in [1.82, 2.24) is 0 Å². The van der Waals surface area contributed by atoms with E-state index < -0.39 is 16.6 Å². The van der Waals surface area contributed by atoms with Crippen LogP contribution in [0.15, 0.2) is 47.4 Å². The number of benzene rings is 2. The van der Waals surface area contributed by atoms with E-state index in [0.717, 1.165) is 6.07 Å². The SMILES string of the molecule is COc1ccc(S(=O)(=O)Nc2ccc(OC)c(OC(F)F)c2)cc1. The maximum atomic E-state index is 12.4. The van der Waals surface area contributed by atoms with Crippen molar-refractivity contribution in [2.75, 3.05) is 18.9 Å². The molecule has 0 unspecified atom stereocenters. The van der Waals surface area contributed by atoms with Crippen LogP contribution in [0.1, 0.15) is 0 Å². The van der Waals surface area contributed by atoms with Crippen molar-refractivity contribution in [3.8, 4) is 17.2 Å². The van der Waals surface area contributed by atoms with E-state index in [1.807, 2.05) is 0 Å². The van der Waals surface area contributed by atoms with Crippen LogP contribution in [-0.4, -0.2) is 29.2 Å². The summed E-state index contributed by atoms with van der Waals surface area (Å²) in [7, 11) is -1.14. The lowest BCUT2D eigenvalue weighted by molar-refractivity contribution is -0.0511. The molecule has 0 spiro atoms. The second-order valence-corrected chi connectivity index (χ2v) is 6.21. The van der Waals surface area contributed by atoms with Crippen LogP contribution in [0.3, 0.4) is 0 Å². The Morgan fingerprint density at radius 1 is 0.958 bits per heavy atom. The molecule has 0 atom stereocenters. The molecule has 2 rings (SSSR count). The first-order valence-corrected chi connectivity index (χ1v) is 8.14. The van der Waals surface area contributed by atoms with E-state index in [4.69, 9.17) is 9.47 Å². The van der Waals surface area contributed by atoms with Gasteiger partial charge in [-0.25, -0.2) is 8.42 Å². The highest BCUT2D eigenvalue weighted by atomic mass is 32.2. The summed E-state index contributed by atoms with van der Waals surface area (Å²) >= 11 is 0. The summed E-state index contributed by atoms with van der Waals surface area (Å²) in [6, 6.07) is 9.53. The van der Waals surface area contributed by atoms with Crippen molar-refractivity contribution < 1.29 is 31.4 Å². The highest BCUT2D eigenvalue weighted by molar-refractivity contribution is 7.92. The van der Waals surface area contributed by atoms with Crippen LogP contribution in [0, 0.1) is 0 Å². The molecule has 0 bridgehead atoms. The lowest BCUT2D eigenvalue weighted by Crippen LogP contribution is -2.13. The van der Waals surface area contributed by atoms with Gasteiger partial charge in [-0.2, -0.15) is 8.78 Å². The van der Waals surface area contributed by atoms with Crippen LogP contribution in [0.4, 0.5) is 14.5 Å². The average Bonchev–Trinajstić information content (AvgIpc) is 2.54. The van der Waals surface area contributed by atoms with Gasteiger partial charge in [-0.3, -0.25) is 4.72 Å². The van der Waals surface area contributed by atoms with Gasteiger partial charge in [0.1, 0.15) is 5.75 Å². The predicted octanol–water partition coefficient (Wildman–Crippen LogP) is 3.11. The van der Waals surface area contributed by atoms with Crippen LogP contribution in [0.25, 0.3) is 0 Å². The Morgan fingerprint density at radius 2 is 1.62 bits per heavy atom. The lowest BCUT2D eigenvalue weighted by atomic mass is 10.3. The number of hydrogen-bond acceptors (Lipinski definition) is 5. The Morgan fingerprint density at radius 3 is 2.17 bits per heavy atom. The number of hydrogen-bond donors (Lipinski definition) is 1. The number of alkyl halides is 2. The predicted molar refractivity (Wildman–Crippen MR) is 83.4 cm³/mol. The quantitative estimate of drug-likeness (QED) is 0.822. The summed E-state index contributed by atoms with van der Waals surface area (Å²) in [4.78, 5) is -0.00422. The van der Waals surface area contributed by atoms with Gasteiger partial charge in [-0.1, -0.05) is 0 Å². The molecule has 0 aliphatic rings. The smallest absolute Gasteiger partial charge is 0.387 e. The van der Waals surface area contributed by atoms with Crippen molar-refractivity contribution in [1.29, 1.82) is 0 Å². The molecule has 0 aliphatic carbocycles. The van der Waals surface area contributed by atoms with E-state index in [9.17, 15) is 17.2 Å². The number of nitrogens with one attached hydrogen (secondary N) is 1. The van der Waals surface area contributed by atoms with E-state index in [1.165, 1.54) is 50.6 Å². The molecule has 24 heavy (non-hydrogen) atoms. The summed E-state index contributed by atoms with van der Waals surface area (Å²) in [5.74, 6) is 0.288. The highest BCUT2D eigenvalue weighted by Crippen LogP contribution is 2.32. The fourth-order valence-electron chi connectivity index (χ4n) is 1.90. The number of sulfonamides is 1. The molecule has 2 aromatic rings. The zero-order chi connectivity index (χ0) is 17.7. The molecular formula is C15H15F2NO5S. The normalized spacial score (nSPS) is 11.2. The molecule has 0 saturated heterocycles. The second kappa shape index (κ2) is 7.35. The third-order valence-electron chi connectivity index (χ3n) is 3.00. The third-order valence-corrected chi connectivity index (χ3v) is 4.40. The summed E-state index contributed by atoms with van der Waals surface area (Å²) < 4.78 is 65.9. The Labute approximate surface area is 138 Å². The Bertz CT molecular complexity index is 794. The van der Waals surface area contributed by atoms with E-state index in [-0.39, 0.29) is 22.1 Å². The topological polar surface area (TPSA) is 73.9 Å². The second-order valence-electron chi connectivity index (χ2n) is 4.53. The lowest BCUT2D eigenvalue weighted by Gasteiger charge is -2.13. The third kappa shape index (κ3) is 4.25. The fraction of sp³-hybridized carbons (Fsp3) is 0.200. The molecule has 0 saturated carbocycles. The first kappa shape index (κ1) is 17.8. The molecule has 0 aliphatic heterocycles. The van der Waals surface area contributed by atoms with Crippen molar-refractivity contribution in [2.24, 2.45) is 0 Å². The molecule has 130 valence electrons. The molecule has 0 fully saturated rings. The van der Waals surface area contributed by atoms with Crippen molar-refractivity contribution in [3.05, 3.63) is 42.5 Å². The van der Waals surface area contributed by atoms with Crippen LogP contribution in [0.5, 0.6) is 17.2 Å². The zero-order valence-corrected chi connectivity index (χ0v) is 13.6. The monoisotopic (exact) mass is 359 g/mol. The van der Waals surface area contributed by atoms with Gasteiger partial charge in [0.25, 0.3) is 10.0 Å². The Balaban J connectivity index is 2.28. The molecule has 0 radical (unpaired) electrons. The van der Waals surface area contributed by atoms with Crippen LogP contribution in [0.2, 0.25) is 0 Å². The summed E-state index contributed by atoms with van der Waals surface area (Å²) in [5, 5.41) is 0. The number of anilines is 1. The molecule has 6 nitrogen and oxygen atoms in total. The van der Waals surface area contributed by atoms with Gasteiger partial charge < -0.3 is 14.2 Å². The number of halogens is 2. The molecule has 0 aromatic heterocycles. The van der Waals surface area contributed by atoms with Crippen LogP contribution in [-0.2, 0) is 10.0 Å². The molecular weight excluding hydrogens is 344 g/mol. The molecule has 2 aromatic carbocycles. The fourth-order valence-corrected chi connectivity index (χ4v) is 2.95. The molecule has 1 N–H and O–H groups in total. The van der Waals surface area contributed by atoms with Gasteiger partial charge in [-0.15, -0.1) is 0 Å². The van der Waals surface area contributed by atoms with Gasteiger partial charge in [0.2, 0.25) is 0 Å². The Hall–Kier alpha value is -2.55. The maximum Gasteiger partial charge on any atom is 0.387 e. The zero-order valence-electron chi connectivity index (χ0n) is 12.8. The summed E-state index contributed by atoms with van der Waals surface area (Å²) in [5.41, 5.74) is 0.0577. The van der Waals surface area contributed by atoms with E-state index >= 15 is 0 Å². The van der Waals surface area contributed by atoms with Crippen molar-refractivity contribution >= 4 is 15.7 Å². The minimum absolute atomic E-state index is 0.00422. The van der Waals surface area contributed by atoms with Gasteiger partial charge in [0.05, 0.1) is 24.8 Å². The maximum absolute atomic E-state index is 12.4. The minimum Gasteiger partial charge on any atom is -0.497 e. The van der Waals surface area contributed by atoms with Crippen LogP contribution < -0.4 is 18.9 Å². The number of rotatable bonds is 7. The first-order chi connectivity index (χ1) is 11.4. The van der Waals surface area contributed by atoms with Gasteiger partial charge in [-0.05, 0) is 36.4 Å². The highest BCUT2D eigenvalue weighted by Gasteiger charge is 2.17. The average molecular weight is 359 g/mol. The van der Waals surface area contributed by atoms with Crippen molar-refractivity contribution in [3.63, 3.8) is 0 Å². The minimum atomic E-state index is -3.89. The van der Waals surface area contributed by atoms with Gasteiger partial charge in [0, 0.05) is 6.07 Å². The van der Waals surface area contributed by atoms with E-state index in [0.29, 0.717) is 5.75 Å². The van der Waals surface area contributed by atoms with Crippen molar-refractivity contribution in [2.45, 2.75) is 11.5 Å². The summed E-state index contributed by atoms with van der Waals surface area (Å²) in [6.45, 7) is -3.06.